The molecule has 0 bridgehead atoms. The number of carbonyl (C=O) groups is 16. The van der Waals surface area contributed by atoms with Crippen molar-refractivity contribution in [1.82, 2.24) is 6.15 Å². The maximum Gasteiger partial charge on any atom is 0.353 e. The summed E-state index contributed by atoms with van der Waals surface area (Å²) in [4.78, 5) is 229. The van der Waals surface area contributed by atoms with Gasteiger partial charge in [0.1, 0.15) is 11.1 Å². The van der Waals surface area contributed by atoms with Crippen LogP contribution in [0.5, 0.6) is 0 Å². The number of nitro benzene ring substituents is 6. The number of para-hydroxylation sites is 2. The van der Waals surface area contributed by atoms with Crippen LogP contribution in [0.15, 0.2) is 170 Å². The largest absolute Gasteiger partial charge is 0.478 e. The van der Waals surface area contributed by atoms with Crippen LogP contribution < -0.4 is 22.9 Å². The highest BCUT2D eigenvalue weighted by atomic mass is 16.7. The molecule has 0 aromatic heterocycles. The molecule has 0 atom stereocenters. The zero-order chi connectivity index (χ0) is 87.6. The highest BCUT2D eigenvalue weighted by molar-refractivity contribution is 6.18. The van der Waals surface area contributed by atoms with E-state index in [0.717, 1.165) is 72.4 Å². The average molecular weight is 1620 g/mol. The van der Waals surface area contributed by atoms with Crippen molar-refractivity contribution in [1.29, 1.82) is 0 Å². The molecule has 8 aromatic carbocycles. The van der Waals surface area contributed by atoms with Gasteiger partial charge in [-0.25, -0.2) is 47.9 Å². The first kappa shape index (κ1) is 96.3. The van der Waals surface area contributed by atoms with Gasteiger partial charge in [0.05, 0.1) is 62.9 Å². The summed E-state index contributed by atoms with van der Waals surface area (Å²) in [6.45, 7) is 4.73. The summed E-state index contributed by atoms with van der Waals surface area (Å²) in [6.07, 6.45) is 0. The number of rotatable bonds is 15. The molecule has 10 rings (SSSR count). The van der Waals surface area contributed by atoms with Crippen molar-refractivity contribution < 1.29 is 156 Å². The number of carboxylic acid groups (broad SMARTS) is 6. The van der Waals surface area contributed by atoms with E-state index in [9.17, 15) is 137 Å². The van der Waals surface area contributed by atoms with Crippen molar-refractivity contribution in [3.05, 3.63) is 297 Å². The molecule has 116 heavy (non-hydrogen) atoms. The summed E-state index contributed by atoms with van der Waals surface area (Å²) in [5, 5.41) is 118. The first-order chi connectivity index (χ1) is 53.7. The molecule has 0 fully saturated rings. The van der Waals surface area contributed by atoms with E-state index in [1.54, 1.807) is 30.3 Å². The third-order valence-electron chi connectivity index (χ3n) is 12.9. The molecule has 14 N–H and O–H groups in total. The first-order valence-corrected chi connectivity index (χ1v) is 30.1. The zero-order valence-electron chi connectivity index (χ0n) is 59.0. The van der Waals surface area contributed by atoms with Gasteiger partial charge in [-0.2, -0.15) is 0 Å². The lowest BCUT2D eigenvalue weighted by molar-refractivity contribution is -0.385. The minimum atomic E-state index is -1.64. The van der Waals surface area contributed by atoms with Gasteiger partial charge in [-0.1, -0.05) is 72.8 Å². The summed E-state index contributed by atoms with van der Waals surface area (Å²) in [7, 11) is 0. The van der Waals surface area contributed by atoms with E-state index in [0.29, 0.717) is 5.69 Å². The van der Waals surface area contributed by atoms with Gasteiger partial charge in [-0.15, -0.1) is 0 Å². The number of hydrogen-bond acceptors (Lipinski definition) is 34. The molecule has 0 saturated heterocycles. The van der Waals surface area contributed by atoms with Crippen LogP contribution in [0, 0.1) is 60.7 Å². The number of anilines is 2. The van der Waals surface area contributed by atoms with Crippen molar-refractivity contribution in [2.75, 3.05) is 11.1 Å². The Morgan fingerprint density at radius 2 is 0.586 bits per heavy atom. The Bertz CT molecular complexity index is 4840. The van der Waals surface area contributed by atoms with Crippen LogP contribution in [0.2, 0.25) is 0 Å². The van der Waals surface area contributed by atoms with Crippen LogP contribution >= 0.6 is 0 Å². The lowest BCUT2D eigenvalue weighted by Crippen LogP contribution is -2.18. The van der Waals surface area contributed by atoms with Gasteiger partial charge in [-0.05, 0) is 60.7 Å². The summed E-state index contributed by atoms with van der Waals surface area (Å²) in [5.41, 5.74) is 2.62. The van der Waals surface area contributed by atoms with Gasteiger partial charge >= 0.3 is 83.6 Å². The molecule has 0 unspecified atom stereocenters. The Kier molecular flexibility index (Phi) is 37.5. The number of nitrogen functional groups attached to an aromatic ring is 1. The molecule has 0 saturated carbocycles. The Hall–Kier alpha value is -17.8. The van der Waals surface area contributed by atoms with Crippen LogP contribution in [-0.2, 0) is 38.1 Å². The minimum Gasteiger partial charge on any atom is -0.478 e. The summed E-state index contributed by atoms with van der Waals surface area (Å²) in [5.74, 6) is -17.0. The monoisotopic (exact) mass is 1620 g/mol. The number of nitrogens with two attached hydrogens (primary N) is 2. The fourth-order valence-electron chi connectivity index (χ4n) is 8.54. The maximum atomic E-state index is 12.1. The van der Waals surface area contributed by atoms with E-state index in [2.05, 4.69) is 24.3 Å². The number of carbonyl (C=O) groups excluding carboxylic acids is 10. The van der Waals surface area contributed by atoms with Gasteiger partial charge in [0.2, 0.25) is 0 Å². The Balaban J connectivity index is 0.000000664. The number of aromatic carboxylic acids is 6. The molecule has 2 heterocycles. The number of ether oxygens (including phenoxy) is 4. The van der Waals surface area contributed by atoms with E-state index >= 15 is 0 Å². The molecule has 604 valence electrons. The van der Waals surface area contributed by atoms with Crippen LogP contribution in [-0.4, -0.2) is 156 Å². The topological polar surface area (TPSA) is 789 Å². The normalized spacial score (nSPS) is 10.3. The molecule has 48 heteroatoms. The number of nitrogens with zero attached hydrogens (tertiary/aromatic N) is 6. The number of carboxylic acids is 6. The minimum absolute atomic E-state index is 0. The third-order valence-corrected chi connectivity index (χ3v) is 12.9. The van der Waals surface area contributed by atoms with Crippen LogP contribution in [0.3, 0.4) is 0 Å². The summed E-state index contributed by atoms with van der Waals surface area (Å²) in [6, 6.07) is 38.4. The van der Waals surface area contributed by atoms with Crippen LogP contribution in [0.25, 0.3) is 0 Å². The Morgan fingerprint density at radius 1 is 0.336 bits per heavy atom. The number of benzene rings is 8. The Morgan fingerprint density at radius 3 is 0.828 bits per heavy atom. The second-order valence-electron chi connectivity index (χ2n) is 20.7. The molecule has 2 aliphatic heterocycles. The molecule has 0 radical (unpaired) electrons. The molecule has 2 aliphatic rings. The van der Waals surface area contributed by atoms with Crippen molar-refractivity contribution in [2.45, 2.75) is 27.7 Å². The lowest BCUT2D eigenvalue weighted by atomic mass is 10.0. The van der Waals surface area contributed by atoms with E-state index in [4.69, 9.17) is 42.1 Å². The van der Waals surface area contributed by atoms with Crippen LogP contribution in [0.1, 0.15) is 152 Å². The molecule has 8 aromatic rings. The summed E-state index contributed by atoms with van der Waals surface area (Å²) < 4.78 is 16.4. The highest BCUT2D eigenvalue weighted by Gasteiger charge is 2.38. The predicted octanol–water partition coefficient (Wildman–Crippen LogP) is 8.35. The number of esters is 8. The van der Waals surface area contributed by atoms with Gasteiger partial charge in [-0.3, -0.25) is 89.5 Å². The fraction of sp³-hybridized carbons (Fsp3) is 0.0588. The quantitative estimate of drug-likeness (QED) is 0.0115. The van der Waals surface area contributed by atoms with Gasteiger partial charge < -0.3 is 72.5 Å². The molecule has 2 amide bonds. The van der Waals surface area contributed by atoms with E-state index in [1.165, 1.54) is 70.2 Å². The number of nitrogens with one attached hydrogen (secondary N) is 1. The van der Waals surface area contributed by atoms with E-state index < -0.39 is 198 Å². The maximum absolute atomic E-state index is 12.1. The Labute approximate surface area is 642 Å². The highest BCUT2D eigenvalue weighted by Crippen LogP contribution is 2.31. The first-order valence-electron chi connectivity index (χ1n) is 30.1. The SMILES string of the molecule is CC(=O)OC(C)=O.CC(=O)OC(C)=O.N.NC(=O)c1c(C(=O)O)cccc1[N+](=O)[O-].Nc1ccccc1.O=C(Nc1ccccc1)c1cccc([N+](=O)[O-])c1C(=O)O.O=C(O)c1cccc([N+](=O)[O-])c1C(=O)O.O=C(O)c1cccc([N+](=O)[O-])c1C(=O)O.O=C1OC(=O)c2c1cccc2[N+](=O)[O-].O=C1OC(=O)c2c1cccc2[N+](=O)[O-]. The third kappa shape index (κ3) is 28.8. The number of hydrogen-bond donors (Lipinski definition) is 10. The van der Waals surface area contributed by atoms with Crippen molar-refractivity contribution in [3.8, 4) is 0 Å². The van der Waals surface area contributed by atoms with Crippen molar-refractivity contribution >= 4 is 141 Å². The molecule has 48 nitrogen and oxygen atoms in total. The molecule has 0 aliphatic carbocycles. The molecular weight excluding hydrogens is 1560 g/mol. The van der Waals surface area contributed by atoms with Gasteiger partial charge in [0.25, 0.3) is 45.9 Å². The van der Waals surface area contributed by atoms with Gasteiger partial charge in [0, 0.05) is 75.5 Å². The van der Waals surface area contributed by atoms with E-state index in [1.807, 2.05) is 30.3 Å². The number of nitro groups is 6. The zero-order valence-corrected chi connectivity index (χ0v) is 59.0. The molecular formula is C68H54N10O38. The van der Waals surface area contributed by atoms with E-state index in [-0.39, 0.29) is 34.0 Å². The smallest absolute Gasteiger partial charge is 0.353 e. The lowest BCUT2D eigenvalue weighted by Gasteiger charge is -2.08. The average Bonchev–Trinajstić information content (AvgIpc) is 1.29. The van der Waals surface area contributed by atoms with Crippen molar-refractivity contribution in [3.63, 3.8) is 0 Å². The number of amides is 2. The van der Waals surface area contributed by atoms with Gasteiger partial charge in [0.15, 0.2) is 22.3 Å². The number of cyclic esters (lactones) is 4. The van der Waals surface area contributed by atoms with Crippen molar-refractivity contribution in [2.24, 2.45) is 5.73 Å². The predicted molar refractivity (Wildman–Crippen MR) is 384 cm³/mol. The number of primary amides is 1. The molecule has 0 spiro atoms. The second-order valence-corrected chi connectivity index (χ2v) is 20.7. The number of fused-ring (bicyclic) bond motifs is 2. The standard InChI is InChI=1S/C14H10N2O5.C8H6N2O5.2C8H5NO6.2C8H3NO5.C6H7N.2C4H6O3.H3N/c17-13(15-9-5-2-1-3-6-9)10-7-4-8-11(16(20)21)12(10)14(18)19;9-7(11)6-4(8(12)13)2-1-3-5(6)10(14)15;2*10-7(11)4-2-1-3-5(9(14)15)6(4)8(12)13;2*10-7-4-2-1-3-5(9(12)13)6(4)8(11)14-7;7-6-4-2-1-3-5-6;2*1-3(5)7-4(2)6;/h1-8H,(H,15,17)(H,18,19);1-3H,(H2,9,11)(H,12,13);2*1-3H,(H,10,11)(H,12,13);2*1-3H;1-5H,7H2;2*1-2H3;1H3. The second kappa shape index (κ2) is 45.1. The fourth-order valence-corrected chi connectivity index (χ4v) is 8.54. The van der Waals surface area contributed by atoms with Crippen LogP contribution in [0.4, 0.5) is 45.5 Å². The summed E-state index contributed by atoms with van der Waals surface area (Å²) >= 11 is 0.